The van der Waals surface area contributed by atoms with Crippen LogP contribution in [-0.4, -0.2) is 37.1 Å². The van der Waals surface area contributed by atoms with Crippen LogP contribution in [0.2, 0.25) is 0 Å². The third-order valence-electron chi connectivity index (χ3n) is 4.59. The van der Waals surface area contributed by atoms with E-state index in [1.165, 1.54) is 23.7 Å². The third-order valence-corrected chi connectivity index (χ3v) is 4.59. The zero-order chi connectivity index (χ0) is 17.1. The summed E-state index contributed by atoms with van der Waals surface area (Å²) in [6.07, 6.45) is 1.72. The van der Waals surface area contributed by atoms with Crippen LogP contribution < -0.4 is 15.1 Å². The molecule has 1 aliphatic rings. The SMILES string of the molecule is CC(=O)Nc1ccc(N2CCN(c3cccc(C)c3C)CC2)nc1. The maximum atomic E-state index is 11.1. The van der Waals surface area contributed by atoms with Gasteiger partial charge in [0.1, 0.15) is 5.82 Å². The van der Waals surface area contributed by atoms with Crippen LogP contribution in [0, 0.1) is 13.8 Å². The van der Waals surface area contributed by atoms with Gasteiger partial charge in [0.2, 0.25) is 5.91 Å². The first-order chi connectivity index (χ1) is 11.5. The Hall–Kier alpha value is -2.56. The Balaban J connectivity index is 1.64. The molecule has 5 heteroatoms. The first kappa shape index (κ1) is 16.3. The topological polar surface area (TPSA) is 48.5 Å². The molecule has 1 aromatic heterocycles. The number of pyridine rings is 1. The van der Waals surface area contributed by atoms with E-state index in [0.29, 0.717) is 0 Å². The van der Waals surface area contributed by atoms with Gasteiger partial charge in [0.15, 0.2) is 0 Å². The van der Waals surface area contributed by atoms with E-state index in [9.17, 15) is 4.79 Å². The molecule has 1 aromatic carbocycles. The fourth-order valence-corrected chi connectivity index (χ4v) is 3.10. The lowest BCUT2D eigenvalue weighted by atomic mass is 10.1. The van der Waals surface area contributed by atoms with Gasteiger partial charge in [-0.3, -0.25) is 4.79 Å². The Bertz CT molecular complexity index is 719. The zero-order valence-corrected chi connectivity index (χ0v) is 14.5. The molecule has 24 heavy (non-hydrogen) atoms. The summed E-state index contributed by atoms with van der Waals surface area (Å²) in [4.78, 5) is 20.3. The summed E-state index contributed by atoms with van der Waals surface area (Å²) in [5.74, 6) is 0.886. The quantitative estimate of drug-likeness (QED) is 0.943. The van der Waals surface area contributed by atoms with Crippen molar-refractivity contribution < 1.29 is 4.79 Å². The van der Waals surface area contributed by atoms with Crippen LogP contribution in [-0.2, 0) is 4.79 Å². The van der Waals surface area contributed by atoms with Gasteiger partial charge in [-0.05, 0) is 43.2 Å². The highest BCUT2D eigenvalue weighted by atomic mass is 16.1. The van der Waals surface area contributed by atoms with Gasteiger partial charge in [0.05, 0.1) is 11.9 Å². The molecule has 1 N–H and O–H groups in total. The molecule has 0 unspecified atom stereocenters. The number of carbonyl (C=O) groups is 1. The lowest BCUT2D eigenvalue weighted by Gasteiger charge is -2.37. The first-order valence-corrected chi connectivity index (χ1v) is 8.34. The van der Waals surface area contributed by atoms with E-state index < -0.39 is 0 Å². The molecule has 1 aliphatic heterocycles. The number of anilines is 3. The number of benzene rings is 1. The lowest BCUT2D eigenvalue weighted by molar-refractivity contribution is -0.114. The standard InChI is InChI=1S/C19H24N4O/c1-14-5-4-6-18(15(14)2)22-9-11-23(12-10-22)19-8-7-17(13-20-19)21-16(3)24/h4-8,13H,9-12H2,1-3H3,(H,21,24). The first-order valence-electron chi connectivity index (χ1n) is 8.34. The van der Waals surface area contributed by atoms with Crippen molar-refractivity contribution >= 4 is 23.1 Å². The molecule has 0 saturated carbocycles. The maximum absolute atomic E-state index is 11.1. The zero-order valence-electron chi connectivity index (χ0n) is 14.5. The Kier molecular flexibility index (Phi) is 4.69. The van der Waals surface area contributed by atoms with Crippen molar-refractivity contribution in [1.82, 2.24) is 4.98 Å². The molecule has 0 aliphatic carbocycles. The van der Waals surface area contributed by atoms with Crippen molar-refractivity contribution in [2.45, 2.75) is 20.8 Å². The van der Waals surface area contributed by atoms with Gasteiger partial charge in [-0.25, -0.2) is 4.98 Å². The molecular formula is C19H24N4O. The number of aromatic nitrogens is 1. The minimum Gasteiger partial charge on any atom is -0.368 e. The van der Waals surface area contributed by atoms with E-state index >= 15 is 0 Å². The largest absolute Gasteiger partial charge is 0.368 e. The van der Waals surface area contributed by atoms with E-state index in [1.807, 2.05) is 12.1 Å². The highest BCUT2D eigenvalue weighted by Gasteiger charge is 2.19. The summed E-state index contributed by atoms with van der Waals surface area (Å²) >= 11 is 0. The number of amides is 1. The van der Waals surface area contributed by atoms with Gasteiger partial charge in [-0.15, -0.1) is 0 Å². The fraction of sp³-hybridized carbons (Fsp3) is 0.368. The van der Waals surface area contributed by atoms with Crippen LogP contribution in [0.15, 0.2) is 36.5 Å². The number of nitrogens with zero attached hydrogens (tertiary/aromatic N) is 3. The molecule has 126 valence electrons. The third kappa shape index (κ3) is 3.50. The number of hydrogen-bond donors (Lipinski definition) is 1. The normalized spacial score (nSPS) is 14.6. The van der Waals surface area contributed by atoms with Crippen molar-refractivity contribution in [3.8, 4) is 0 Å². The van der Waals surface area contributed by atoms with E-state index in [-0.39, 0.29) is 5.91 Å². The number of rotatable bonds is 3. The minimum absolute atomic E-state index is 0.0771. The summed E-state index contributed by atoms with van der Waals surface area (Å²) in [5.41, 5.74) is 4.78. The molecule has 0 atom stereocenters. The Morgan fingerprint density at radius 3 is 2.38 bits per heavy atom. The molecule has 0 radical (unpaired) electrons. The predicted molar refractivity (Wildman–Crippen MR) is 98.9 cm³/mol. The van der Waals surface area contributed by atoms with Crippen molar-refractivity contribution in [2.24, 2.45) is 0 Å². The average Bonchev–Trinajstić information content (AvgIpc) is 2.58. The van der Waals surface area contributed by atoms with Crippen molar-refractivity contribution in [2.75, 3.05) is 41.3 Å². The summed E-state index contributed by atoms with van der Waals surface area (Å²) in [6, 6.07) is 10.4. The summed E-state index contributed by atoms with van der Waals surface area (Å²) in [5, 5.41) is 2.75. The smallest absolute Gasteiger partial charge is 0.221 e. The Morgan fingerprint density at radius 2 is 1.75 bits per heavy atom. The van der Waals surface area contributed by atoms with E-state index in [2.05, 4.69) is 52.1 Å². The van der Waals surface area contributed by atoms with Crippen molar-refractivity contribution in [1.29, 1.82) is 0 Å². The summed E-state index contributed by atoms with van der Waals surface area (Å²) < 4.78 is 0. The van der Waals surface area contributed by atoms with Gasteiger partial charge >= 0.3 is 0 Å². The van der Waals surface area contributed by atoms with E-state index in [1.54, 1.807) is 6.20 Å². The average molecular weight is 324 g/mol. The van der Waals surface area contributed by atoms with Gasteiger partial charge < -0.3 is 15.1 Å². The summed E-state index contributed by atoms with van der Waals surface area (Å²) in [6.45, 7) is 9.72. The Labute approximate surface area is 143 Å². The molecule has 1 fully saturated rings. The number of hydrogen-bond acceptors (Lipinski definition) is 4. The lowest BCUT2D eigenvalue weighted by Crippen LogP contribution is -2.47. The second kappa shape index (κ2) is 6.91. The summed E-state index contributed by atoms with van der Waals surface area (Å²) in [7, 11) is 0. The van der Waals surface area contributed by atoms with Crippen LogP contribution in [0.1, 0.15) is 18.1 Å². The predicted octanol–water partition coefficient (Wildman–Crippen LogP) is 2.98. The minimum atomic E-state index is -0.0771. The van der Waals surface area contributed by atoms with Crippen LogP contribution in [0.5, 0.6) is 0 Å². The molecule has 5 nitrogen and oxygen atoms in total. The van der Waals surface area contributed by atoms with Crippen LogP contribution in [0.25, 0.3) is 0 Å². The van der Waals surface area contributed by atoms with Crippen molar-refractivity contribution in [3.63, 3.8) is 0 Å². The second-order valence-corrected chi connectivity index (χ2v) is 6.28. The highest BCUT2D eigenvalue weighted by molar-refractivity contribution is 5.88. The molecule has 2 aromatic rings. The number of piperazine rings is 1. The molecule has 0 bridgehead atoms. The highest BCUT2D eigenvalue weighted by Crippen LogP contribution is 2.25. The van der Waals surface area contributed by atoms with E-state index in [0.717, 1.165) is 37.7 Å². The molecule has 0 spiro atoms. The fourth-order valence-electron chi connectivity index (χ4n) is 3.10. The van der Waals surface area contributed by atoms with Gasteiger partial charge in [0.25, 0.3) is 0 Å². The number of aryl methyl sites for hydroxylation is 1. The molecule has 1 amide bonds. The molecule has 3 rings (SSSR count). The van der Waals surface area contributed by atoms with Gasteiger partial charge in [-0.2, -0.15) is 0 Å². The van der Waals surface area contributed by atoms with E-state index in [4.69, 9.17) is 0 Å². The van der Waals surface area contributed by atoms with Gasteiger partial charge in [0, 0.05) is 38.8 Å². The van der Waals surface area contributed by atoms with Crippen LogP contribution in [0.4, 0.5) is 17.2 Å². The van der Waals surface area contributed by atoms with Crippen molar-refractivity contribution in [3.05, 3.63) is 47.7 Å². The maximum Gasteiger partial charge on any atom is 0.221 e. The number of carbonyl (C=O) groups excluding carboxylic acids is 1. The molecule has 2 heterocycles. The molecular weight excluding hydrogens is 300 g/mol. The van der Waals surface area contributed by atoms with Crippen LogP contribution in [0.3, 0.4) is 0 Å². The second-order valence-electron chi connectivity index (χ2n) is 6.28. The Morgan fingerprint density at radius 1 is 1.04 bits per heavy atom. The molecule has 1 saturated heterocycles. The van der Waals surface area contributed by atoms with Crippen LogP contribution >= 0.6 is 0 Å². The monoisotopic (exact) mass is 324 g/mol. The number of nitrogens with one attached hydrogen (secondary N) is 1. The van der Waals surface area contributed by atoms with Gasteiger partial charge in [-0.1, -0.05) is 12.1 Å².